The SMILES string of the molecule is Oc1nc(-c2ccccc2)[nH]c2ccnc1-2. The van der Waals surface area contributed by atoms with Gasteiger partial charge in [0, 0.05) is 11.8 Å². The predicted octanol–water partition coefficient (Wildman–Crippen LogP) is 2.28. The molecule has 0 fully saturated rings. The highest BCUT2D eigenvalue weighted by molar-refractivity contribution is 5.67. The maximum atomic E-state index is 9.71. The number of fused-ring (bicyclic) bond motifs is 1. The lowest BCUT2D eigenvalue weighted by Gasteiger charge is -2.05. The molecule has 2 aliphatic rings. The Balaban J connectivity index is 2.23. The standard InChI is InChI=1S/C12H9N3O/c16-12-10-9(6-7-13-10)14-11(15-12)8-4-2-1-3-5-8/h1-7,16H,(H,14,15). The molecule has 2 heterocycles. The van der Waals surface area contributed by atoms with Crippen LogP contribution in [0, 0.1) is 0 Å². The van der Waals surface area contributed by atoms with Gasteiger partial charge in [-0.3, -0.25) is 0 Å². The molecule has 4 heteroatoms. The van der Waals surface area contributed by atoms with Crippen LogP contribution in [0.25, 0.3) is 22.8 Å². The normalized spacial score (nSPS) is 10.8. The van der Waals surface area contributed by atoms with Gasteiger partial charge >= 0.3 is 0 Å². The average molecular weight is 211 g/mol. The van der Waals surface area contributed by atoms with E-state index in [4.69, 9.17) is 0 Å². The van der Waals surface area contributed by atoms with Crippen LogP contribution in [0.15, 0.2) is 42.6 Å². The average Bonchev–Trinajstić information content (AvgIpc) is 2.79. The van der Waals surface area contributed by atoms with Crippen molar-refractivity contribution in [3.63, 3.8) is 0 Å². The Morgan fingerprint density at radius 1 is 1.06 bits per heavy atom. The minimum Gasteiger partial charge on any atom is -0.492 e. The van der Waals surface area contributed by atoms with Crippen molar-refractivity contribution in [3.05, 3.63) is 42.6 Å². The summed E-state index contributed by atoms with van der Waals surface area (Å²) in [6, 6.07) is 11.5. The first-order chi connectivity index (χ1) is 7.84. The van der Waals surface area contributed by atoms with E-state index in [1.54, 1.807) is 6.20 Å². The van der Waals surface area contributed by atoms with Gasteiger partial charge in [-0.2, -0.15) is 4.98 Å². The Morgan fingerprint density at radius 2 is 1.88 bits per heavy atom. The van der Waals surface area contributed by atoms with Crippen LogP contribution in [0.1, 0.15) is 0 Å². The zero-order chi connectivity index (χ0) is 11.0. The number of nitrogens with one attached hydrogen (secondary N) is 1. The smallest absolute Gasteiger partial charge is 0.241 e. The highest BCUT2D eigenvalue weighted by atomic mass is 16.3. The Hall–Kier alpha value is -2.36. The van der Waals surface area contributed by atoms with E-state index in [0.717, 1.165) is 11.3 Å². The summed E-state index contributed by atoms with van der Waals surface area (Å²) in [6.07, 6.45) is 1.64. The molecule has 0 bridgehead atoms. The van der Waals surface area contributed by atoms with Crippen LogP contribution in [0.4, 0.5) is 0 Å². The molecule has 0 saturated carbocycles. The van der Waals surface area contributed by atoms with Crippen LogP contribution in [-0.2, 0) is 0 Å². The maximum absolute atomic E-state index is 9.71. The Labute approximate surface area is 92.0 Å². The van der Waals surface area contributed by atoms with Gasteiger partial charge in [0.15, 0.2) is 0 Å². The first-order valence-corrected chi connectivity index (χ1v) is 4.94. The fourth-order valence-electron chi connectivity index (χ4n) is 1.66. The van der Waals surface area contributed by atoms with Crippen molar-refractivity contribution in [3.8, 4) is 28.7 Å². The van der Waals surface area contributed by atoms with E-state index in [9.17, 15) is 5.11 Å². The molecule has 0 radical (unpaired) electrons. The van der Waals surface area contributed by atoms with E-state index in [1.165, 1.54) is 0 Å². The number of aromatic amines is 1. The number of nitrogens with zero attached hydrogens (tertiary/aromatic N) is 2. The molecule has 0 saturated heterocycles. The number of aromatic nitrogens is 3. The summed E-state index contributed by atoms with van der Waals surface area (Å²) in [6.45, 7) is 0. The molecule has 78 valence electrons. The maximum Gasteiger partial charge on any atom is 0.241 e. The molecule has 0 atom stereocenters. The lowest BCUT2D eigenvalue weighted by Crippen LogP contribution is -1.93. The van der Waals surface area contributed by atoms with Crippen molar-refractivity contribution in [1.29, 1.82) is 0 Å². The second kappa shape index (κ2) is 3.34. The molecule has 16 heavy (non-hydrogen) atoms. The van der Waals surface area contributed by atoms with E-state index in [-0.39, 0.29) is 5.88 Å². The van der Waals surface area contributed by atoms with Crippen LogP contribution < -0.4 is 0 Å². The zero-order valence-corrected chi connectivity index (χ0v) is 8.38. The van der Waals surface area contributed by atoms with Crippen LogP contribution >= 0.6 is 0 Å². The molecule has 2 aliphatic heterocycles. The van der Waals surface area contributed by atoms with Crippen LogP contribution in [0.5, 0.6) is 5.88 Å². The monoisotopic (exact) mass is 211 g/mol. The number of benzene rings is 1. The number of rotatable bonds is 1. The predicted molar refractivity (Wildman–Crippen MR) is 60.1 cm³/mol. The third kappa shape index (κ3) is 1.32. The Bertz CT molecular complexity index is 589. The van der Waals surface area contributed by atoms with Crippen molar-refractivity contribution >= 4 is 0 Å². The molecule has 0 spiro atoms. The Kier molecular flexibility index (Phi) is 1.86. The van der Waals surface area contributed by atoms with E-state index in [0.29, 0.717) is 11.5 Å². The van der Waals surface area contributed by atoms with Gasteiger partial charge in [-0.25, -0.2) is 4.98 Å². The van der Waals surface area contributed by atoms with E-state index >= 15 is 0 Å². The fraction of sp³-hybridized carbons (Fsp3) is 0. The van der Waals surface area contributed by atoms with Crippen molar-refractivity contribution in [2.45, 2.75) is 0 Å². The molecule has 0 amide bonds. The zero-order valence-electron chi connectivity index (χ0n) is 8.38. The molecule has 1 aromatic rings. The lowest BCUT2D eigenvalue weighted by atomic mass is 10.2. The van der Waals surface area contributed by atoms with E-state index in [1.807, 2.05) is 36.4 Å². The highest BCUT2D eigenvalue weighted by Gasteiger charge is 2.13. The summed E-state index contributed by atoms with van der Waals surface area (Å²) >= 11 is 0. The summed E-state index contributed by atoms with van der Waals surface area (Å²) in [5.74, 6) is 0.594. The Morgan fingerprint density at radius 3 is 2.69 bits per heavy atom. The summed E-state index contributed by atoms with van der Waals surface area (Å²) in [5, 5.41) is 9.71. The highest BCUT2D eigenvalue weighted by Crippen LogP contribution is 2.28. The van der Waals surface area contributed by atoms with E-state index < -0.39 is 0 Å². The first-order valence-electron chi connectivity index (χ1n) is 4.94. The minimum atomic E-state index is -0.0439. The van der Waals surface area contributed by atoms with Gasteiger partial charge in [0.2, 0.25) is 5.88 Å². The third-order valence-electron chi connectivity index (χ3n) is 2.43. The quantitative estimate of drug-likeness (QED) is 0.649. The summed E-state index contributed by atoms with van der Waals surface area (Å²) in [4.78, 5) is 11.2. The number of hydrogen-bond donors (Lipinski definition) is 2. The van der Waals surface area contributed by atoms with Gasteiger partial charge in [0.1, 0.15) is 11.5 Å². The lowest BCUT2D eigenvalue weighted by molar-refractivity contribution is 0.453. The number of H-pyrrole nitrogens is 1. The molecule has 2 N–H and O–H groups in total. The van der Waals surface area contributed by atoms with Crippen molar-refractivity contribution in [1.82, 2.24) is 15.0 Å². The summed E-state index contributed by atoms with van der Waals surface area (Å²) in [5.41, 5.74) is 2.21. The molecule has 0 aliphatic carbocycles. The molecular weight excluding hydrogens is 202 g/mol. The van der Waals surface area contributed by atoms with E-state index in [2.05, 4.69) is 15.0 Å². The van der Waals surface area contributed by atoms with Crippen molar-refractivity contribution < 1.29 is 5.11 Å². The van der Waals surface area contributed by atoms with Gasteiger partial charge in [-0.1, -0.05) is 30.3 Å². The van der Waals surface area contributed by atoms with Crippen molar-refractivity contribution in [2.24, 2.45) is 0 Å². The van der Waals surface area contributed by atoms with Gasteiger partial charge in [-0.05, 0) is 6.07 Å². The van der Waals surface area contributed by atoms with Gasteiger partial charge < -0.3 is 10.1 Å². The van der Waals surface area contributed by atoms with Gasteiger partial charge in [-0.15, -0.1) is 0 Å². The second-order valence-electron chi connectivity index (χ2n) is 3.48. The number of aromatic hydroxyl groups is 1. The van der Waals surface area contributed by atoms with Crippen LogP contribution in [-0.4, -0.2) is 20.1 Å². The number of hydrogen-bond acceptors (Lipinski definition) is 3. The molecule has 0 unspecified atom stereocenters. The first kappa shape index (κ1) is 8.91. The fourth-order valence-corrected chi connectivity index (χ4v) is 1.66. The van der Waals surface area contributed by atoms with Gasteiger partial charge in [0.05, 0.1) is 5.69 Å². The molecule has 1 aromatic carbocycles. The largest absolute Gasteiger partial charge is 0.492 e. The molecule has 3 rings (SSSR count). The summed E-state index contributed by atoms with van der Waals surface area (Å²) < 4.78 is 0. The third-order valence-corrected chi connectivity index (χ3v) is 2.43. The van der Waals surface area contributed by atoms with Crippen LogP contribution in [0.3, 0.4) is 0 Å². The van der Waals surface area contributed by atoms with Crippen LogP contribution in [0.2, 0.25) is 0 Å². The molecule has 4 nitrogen and oxygen atoms in total. The molecular formula is C12H9N3O. The summed E-state index contributed by atoms with van der Waals surface area (Å²) in [7, 11) is 0. The molecule has 0 aromatic heterocycles. The minimum absolute atomic E-state index is 0.0439. The van der Waals surface area contributed by atoms with Crippen molar-refractivity contribution in [2.75, 3.05) is 0 Å². The topological polar surface area (TPSA) is 61.8 Å². The van der Waals surface area contributed by atoms with Gasteiger partial charge in [0.25, 0.3) is 0 Å². The second-order valence-corrected chi connectivity index (χ2v) is 3.48.